The van der Waals surface area contributed by atoms with Crippen molar-refractivity contribution < 1.29 is 4.74 Å². The molecule has 2 rings (SSSR count). The predicted molar refractivity (Wildman–Crippen MR) is 80.6 cm³/mol. The summed E-state index contributed by atoms with van der Waals surface area (Å²) in [6, 6.07) is 16.9. The molecule has 0 radical (unpaired) electrons. The lowest BCUT2D eigenvalue weighted by Gasteiger charge is -2.12. The number of benzene rings is 2. The summed E-state index contributed by atoms with van der Waals surface area (Å²) >= 11 is 0. The van der Waals surface area contributed by atoms with Crippen molar-refractivity contribution in [1.29, 1.82) is 0 Å². The van der Waals surface area contributed by atoms with Crippen LogP contribution in [0.5, 0.6) is 5.75 Å². The molecule has 0 aliphatic heterocycles. The van der Waals surface area contributed by atoms with Gasteiger partial charge in [0.1, 0.15) is 12.4 Å². The average molecular weight is 254 g/mol. The summed E-state index contributed by atoms with van der Waals surface area (Å²) in [5.41, 5.74) is 3.93. The highest BCUT2D eigenvalue weighted by Gasteiger charge is 2.04. The topological polar surface area (TPSA) is 9.23 Å². The summed E-state index contributed by atoms with van der Waals surface area (Å²) < 4.78 is 5.98. The van der Waals surface area contributed by atoms with Crippen LogP contribution in [-0.4, -0.2) is 0 Å². The first-order valence-corrected chi connectivity index (χ1v) is 7.12. The van der Waals surface area contributed by atoms with Gasteiger partial charge in [0.25, 0.3) is 0 Å². The maximum absolute atomic E-state index is 5.98. The maximum atomic E-state index is 5.98. The third-order valence-corrected chi connectivity index (χ3v) is 3.29. The van der Waals surface area contributed by atoms with Gasteiger partial charge in [-0.25, -0.2) is 0 Å². The summed E-state index contributed by atoms with van der Waals surface area (Å²) in [6.45, 7) is 5.04. The number of hydrogen-bond donors (Lipinski definition) is 0. The number of ether oxygens (including phenoxy) is 1. The summed E-state index contributed by atoms with van der Waals surface area (Å²) in [5, 5.41) is 0. The Morgan fingerprint density at radius 1 is 0.895 bits per heavy atom. The van der Waals surface area contributed by atoms with Gasteiger partial charge in [-0.05, 0) is 35.6 Å². The Hall–Kier alpha value is -1.76. The van der Waals surface area contributed by atoms with Crippen LogP contribution >= 0.6 is 0 Å². The van der Waals surface area contributed by atoms with E-state index in [2.05, 4.69) is 44.2 Å². The number of hydrogen-bond acceptors (Lipinski definition) is 1. The maximum Gasteiger partial charge on any atom is 0.123 e. The van der Waals surface area contributed by atoms with Crippen molar-refractivity contribution in [3.05, 3.63) is 65.2 Å². The van der Waals surface area contributed by atoms with Crippen molar-refractivity contribution in [3.8, 4) is 5.75 Å². The fraction of sp³-hybridized carbons (Fsp3) is 0.333. The van der Waals surface area contributed by atoms with Gasteiger partial charge in [0, 0.05) is 0 Å². The molecule has 0 atom stereocenters. The Morgan fingerprint density at radius 3 is 2.37 bits per heavy atom. The first-order chi connectivity index (χ1) is 9.33. The van der Waals surface area contributed by atoms with Crippen LogP contribution in [0.3, 0.4) is 0 Å². The van der Waals surface area contributed by atoms with E-state index in [9.17, 15) is 0 Å². The second-order valence-corrected chi connectivity index (χ2v) is 4.82. The average Bonchev–Trinajstić information content (AvgIpc) is 2.47. The standard InChI is InChI=1S/C18H22O/c1-3-8-17-13-15(4-2)11-12-18(17)19-14-16-9-6-5-7-10-16/h5-7,9-13H,3-4,8,14H2,1-2H3. The van der Waals surface area contributed by atoms with Gasteiger partial charge in [-0.2, -0.15) is 0 Å². The molecule has 19 heavy (non-hydrogen) atoms. The van der Waals surface area contributed by atoms with E-state index in [4.69, 9.17) is 4.74 Å². The molecule has 0 fully saturated rings. The molecule has 0 spiro atoms. The van der Waals surface area contributed by atoms with E-state index in [1.165, 1.54) is 16.7 Å². The Kier molecular flexibility index (Phi) is 5.02. The summed E-state index contributed by atoms with van der Waals surface area (Å²) in [5.74, 6) is 1.03. The first-order valence-electron chi connectivity index (χ1n) is 7.12. The van der Waals surface area contributed by atoms with Crippen LogP contribution in [0.25, 0.3) is 0 Å². The molecule has 0 aromatic heterocycles. The largest absolute Gasteiger partial charge is 0.489 e. The monoisotopic (exact) mass is 254 g/mol. The molecule has 100 valence electrons. The van der Waals surface area contributed by atoms with Crippen molar-refractivity contribution in [2.75, 3.05) is 0 Å². The Bertz CT molecular complexity index is 502. The van der Waals surface area contributed by atoms with Crippen LogP contribution < -0.4 is 4.74 Å². The van der Waals surface area contributed by atoms with Crippen LogP contribution in [0.15, 0.2) is 48.5 Å². The summed E-state index contributed by atoms with van der Waals surface area (Å²) in [4.78, 5) is 0. The normalized spacial score (nSPS) is 10.4. The molecular weight excluding hydrogens is 232 g/mol. The minimum Gasteiger partial charge on any atom is -0.489 e. The zero-order chi connectivity index (χ0) is 13.5. The minimum atomic E-state index is 0.642. The van der Waals surface area contributed by atoms with Gasteiger partial charge in [0.15, 0.2) is 0 Å². The Labute approximate surface area is 116 Å². The van der Waals surface area contributed by atoms with Crippen molar-refractivity contribution in [3.63, 3.8) is 0 Å². The molecule has 0 aliphatic rings. The molecule has 0 saturated heterocycles. The van der Waals surface area contributed by atoms with Gasteiger partial charge >= 0.3 is 0 Å². The predicted octanol–water partition coefficient (Wildman–Crippen LogP) is 4.78. The van der Waals surface area contributed by atoms with Crippen LogP contribution in [0.4, 0.5) is 0 Å². The molecule has 2 aromatic carbocycles. The van der Waals surface area contributed by atoms with E-state index in [-0.39, 0.29) is 0 Å². The van der Waals surface area contributed by atoms with Gasteiger partial charge in [0.05, 0.1) is 0 Å². The molecule has 0 saturated carbocycles. The van der Waals surface area contributed by atoms with E-state index in [0.717, 1.165) is 25.0 Å². The molecule has 0 N–H and O–H groups in total. The molecule has 1 nitrogen and oxygen atoms in total. The van der Waals surface area contributed by atoms with Gasteiger partial charge in [-0.1, -0.05) is 62.7 Å². The molecule has 0 unspecified atom stereocenters. The zero-order valence-corrected chi connectivity index (χ0v) is 11.9. The highest BCUT2D eigenvalue weighted by molar-refractivity contribution is 5.37. The molecule has 0 aliphatic carbocycles. The van der Waals surface area contributed by atoms with E-state index in [1.54, 1.807) is 0 Å². The molecular formula is C18H22O. The zero-order valence-electron chi connectivity index (χ0n) is 11.9. The lowest BCUT2D eigenvalue weighted by Crippen LogP contribution is -1.99. The van der Waals surface area contributed by atoms with Crippen LogP contribution in [0.1, 0.15) is 37.0 Å². The molecule has 1 heteroatoms. The molecule has 0 bridgehead atoms. The number of rotatable bonds is 6. The third-order valence-electron chi connectivity index (χ3n) is 3.29. The summed E-state index contributed by atoms with van der Waals surface area (Å²) in [6.07, 6.45) is 3.31. The van der Waals surface area contributed by atoms with E-state index in [0.29, 0.717) is 6.61 Å². The van der Waals surface area contributed by atoms with Gasteiger partial charge in [-0.15, -0.1) is 0 Å². The van der Waals surface area contributed by atoms with Gasteiger partial charge < -0.3 is 4.74 Å². The Balaban J connectivity index is 2.10. The summed E-state index contributed by atoms with van der Waals surface area (Å²) in [7, 11) is 0. The Morgan fingerprint density at radius 2 is 1.68 bits per heavy atom. The van der Waals surface area contributed by atoms with Gasteiger partial charge in [0.2, 0.25) is 0 Å². The lowest BCUT2D eigenvalue weighted by molar-refractivity contribution is 0.302. The SMILES string of the molecule is CCCc1cc(CC)ccc1OCc1ccccc1. The quantitative estimate of drug-likeness (QED) is 0.720. The van der Waals surface area contributed by atoms with Crippen LogP contribution in [0, 0.1) is 0 Å². The fourth-order valence-corrected chi connectivity index (χ4v) is 2.19. The van der Waals surface area contributed by atoms with Crippen molar-refractivity contribution in [2.45, 2.75) is 39.7 Å². The smallest absolute Gasteiger partial charge is 0.123 e. The van der Waals surface area contributed by atoms with Crippen molar-refractivity contribution in [1.82, 2.24) is 0 Å². The molecule has 0 amide bonds. The molecule has 0 heterocycles. The fourth-order valence-electron chi connectivity index (χ4n) is 2.19. The highest BCUT2D eigenvalue weighted by Crippen LogP contribution is 2.23. The van der Waals surface area contributed by atoms with Gasteiger partial charge in [-0.3, -0.25) is 0 Å². The van der Waals surface area contributed by atoms with E-state index in [1.807, 2.05) is 18.2 Å². The van der Waals surface area contributed by atoms with Crippen molar-refractivity contribution >= 4 is 0 Å². The highest BCUT2D eigenvalue weighted by atomic mass is 16.5. The second kappa shape index (κ2) is 6.98. The van der Waals surface area contributed by atoms with E-state index >= 15 is 0 Å². The lowest BCUT2D eigenvalue weighted by atomic mass is 10.0. The van der Waals surface area contributed by atoms with Crippen LogP contribution in [0.2, 0.25) is 0 Å². The van der Waals surface area contributed by atoms with Crippen molar-refractivity contribution in [2.24, 2.45) is 0 Å². The second-order valence-electron chi connectivity index (χ2n) is 4.82. The number of aryl methyl sites for hydroxylation is 2. The minimum absolute atomic E-state index is 0.642. The van der Waals surface area contributed by atoms with Crippen LogP contribution in [-0.2, 0) is 19.4 Å². The van der Waals surface area contributed by atoms with E-state index < -0.39 is 0 Å². The first kappa shape index (κ1) is 13.7. The third kappa shape index (κ3) is 3.85. The molecule has 2 aromatic rings.